The average Bonchev–Trinajstić information content (AvgIpc) is 3.18. The smallest absolute Gasteiger partial charge is 0.191 e. The first kappa shape index (κ1) is 16.1. The van der Waals surface area contributed by atoms with Crippen molar-refractivity contribution in [3.05, 3.63) is 77.9 Å². The van der Waals surface area contributed by atoms with E-state index in [0.29, 0.717) is 0 Å². The first-order chi connectivity index (χ1) is 11.8. The van der Waals surface area contributed by atoms with E-state index >= 15 is 0 Å². The molecule has 0 unspecified atom stereocenters. The third-order valence-electron chi connectivity index (χ3n) is 4.11. The first-order valence-electron chi connectivity index (χ1n) is 8.32. The lowest BCUT2D eigenvalue weighted by Gasteiger charge is -2.18. The molecule has 1 aliphatic heterocycles. The summed E-state index contributed by atoms with van der Waals surface area (Å²) in [6.07, 6.45) is 4.41. The van der Waals surface area contributed by atoms with Gasteiger partial charge in [0.05, 0.1) is 0 Å². The number of benzene rings is 2. The zero-order valence-corrected chi connectivity index (χ0v) is 14.1. The topological polar surface area (TPSA) is 39.7 Å². The second-order valence-corrected chi connectivity index (χ2v) is 5.81. The number of aliphatic imine (C=N–C) groups is 1. The number of guanidine groups is 1. The van der Waals surface area contributed by atoms with Gasteiger partial charge in [-0.3, -0.25) is 4.99 Å². The van der Waals surface area contributed by atoms with Crippen LogP contribution in [-0.2, 0) is 13.1 Å². The van der Waals surface area contributed by atoms with Gasteiger partial charge in [0.25, 0.3) is 0 Å². The lowest BCUT2D eigenvalue weighted by atomic mass is 10.2. The maximum atomic E-state index is 4.28. The van der Waals surface area contributed by atoms with Crippen LogP contribution in [0.1, 0.15) is 11.1 Å². The van der Waals surface area contributed by atoms with Crippen molar-refractivity contribution in [1.29, 1.82) is 0 Å². The number of rotatable bonds is 5. The van der Waals surface area contributed by atoms with Gasteiger partial charge in [0.15, 0.2) is 5.96 Å². The summed E-state index contributed by atoms with van der Waals surface area (Å²) >= 11 is 0. The molecule has 0 amide bonds. The molecule has 0 bridgehead atoms. The van der Waals surface area contributed by atoms with Gasteiger partial charge >= 0.3 is 0 Å². The average molecular weight is 320 g/mol. The van der Waals surface area contributed by atoms with Crippen molar-refractivity contribution < 1.29 is 0 Å². The van der Waals surface area contributed by atoms with Crippen LogP contribution in [0, 0.1) is 0 Å². The van der Waals surface area contributed by atoms with E-state index in [-0.39, 0.29) is 0 Å². The third kappa shape index (κ3) is 4.38. The van der Waals surface area contributed by atoms with Crippen LogP contribution in [0.4, 0.5) is 5.69 Å². The van der Waals surface area contributed by atoms with Crippen molar-refractivity contribution in [3.8, 4) is 0 Å². The van der Waals surface area contributed by atoms with E-state index in [1.54, 1.807) is 7.05 Å². The van der Waals surface area contributed by atoms with Crippen molar-refractivity contribution in [2.45, 2.75) is 13.1 Å². The van der Waals surface area contributed by atoms with Crippen LogP contribution in [-0.4, -0.2) is 26.1 Å². The van der Waals surface area contributed by atoms with Crippen LogP contribution in [0.15, 0.2) is 71.7 Å². The molecule has 0 saturated heterocycles. The minimum Gasteiger partial charge on any atom is -0.364 e. The number of nitrogens with one attached hydrogen (secondary N) is 2. The number of hydrogen-bond donors (Lipinski definition) is 2. The molecule has 0 aliphatic carbocycles. The van der Waals surface area contributed by atoms with Crippen LogP contribution in [0.5, 0.6) is 0 Å². The molecule has 0 saturated carbocycles. The Bertz CT molecular complexity index is 681. The number of hydrogen-bond acceptors (Lipinski definition) is 2. The highest BCUT2D eigenvalue weighted by molar-refractivity contribution is 5.79. The van der Waals surface area contributed by atoms with Crippen LogP contribution >= 0.6 is 0 Å². The Morgan fingerprint density at radius 3 is 2.04 bits per heavy atom. The Hall–Kier alpha value is -2.75. The van der Waals surface area contributed by atoms with Crippen LogP contribution in [0.3, 0.4) is 0 Å². The molecule has 0 atom stereocenters. The van der Waals surface area contributed by atoms with Gasteiger partial charge in [-0.1, -0.05) is 54.6 Å². The van der Waals surface area contributed by atoms with Crippen LogP contribution < -0.4 is 15.5 Å². The largest absolute Gasteiger partial charge is 0.364 e. The predicted octanol–water partition coefficient (Wildman–Crippen LogP) is 2.93. The Balaban J connectivity index is 1.48. The quantitative estimate of drug-likeness (QED) is 0.505. The molecule has 1 heterocycles. The molecule has 3 rings (SSSR count). The van der Waals surface area contributed by atoms with Crippen molar-refractivity contribution in [2.75, 3.05) is 25.0 Å². The van der Waals surface area contributed by atoms with Crippen LogP contribution in [0.25, 0.3) is 0 Å². The molecule has 2 aromatic rings. The fraction of sp³-hybridized carbons (Fsp3) is 0.250. The molecular weight excluding hydrogens is 296 g/mol. The molecule has 24 heavy (non-hydrogen) atoms. The second kappa shape index (κ2) is 8.20. The standard InChI is InChI=1S/C20H24N4/c1-21-20(22-15-17-7-3-2-4-8-17)23-16-18-9-11-19(12-10-18)24-13-5-6-14-24/h2-12H,13-16H2,1H3,(H2,21,22,23). The van der Waals surface area contributed by atoms with Gasteiger partial charge in [0.1, 0.15) is 0 Å². The summed E-state index contributed by atoms with van der Waals surface area (Å²) in [6.45, 7) is 3.54. The van der Waals surface area contributed by atoms with Gasteiger partial charge in [-0.25, -0.2) is 0 Å². The molecule has 4 nitrogen and oxygen atoms in total. The van der Waals surface area contributed by atoms with Gasteiger partial charge in [0.2, 0.25) is 0 Å². The van der Waals surface area contributed by atoms with Gasteiger partial charge in [0, 0.05) is 38.9 Å². The number of anilines is 1. The summed E-state index contributed by atoms with van der Waals surface area (Å²) in [4.78, 5) is 6.62. The van der Waals surface area contributed by atoms with Gasteiger partial charge in [-0.15, -0.1) is 0 Å². The summed E-state index contributed by atoms with van der Waals surface area (Å²) in [6, 6.07) is 19.0. The molecule has 1 aliphatic rings. The summed E-state index contributed by atoms with van der Waals surface area (Å²) < 4.78 is 0. The Labute approximate surface area is 143 Å². The van der Waals surface area contributed by atoms with Crippen molar-refractivity contribution >= 4 is 11.6 Å². The van der Waals surface area contributed by atoms with Crippen molar-refractivity contribution in [1.82, 2.24) is 10.6 Å². The molecular formula is C20H24N4. The van der Waals surface area contributed by atoms with E-state index in [4.69, 9.17) is 0 Å². The van der Waals surface area contributed by atoms with E-state index in [2.05, 4.69) is 69.1 Å². The summed E-state index contributed by atoms with van der Waals surface area (Å²) in [5.41, 5.74) is 3.76. The molecule has 4 heteroatoms. The van der Waals surface area contributed by atoms with E-state index in [0.717, 1.165) is 32.1 Å². The summed E-state index contributed by atoms with van der Waals surface area (Å²) in [7, 11) is 1.80. The third-order valence-corrected chi connectivity index (χ3v) is 4.11. The minimum absolute atomic E-state index is 0.757. The van der Waals surface area contributed by atoms with Gasteiger partial charge < -0.3 is 15.5 Å². The SMILES string of the molecule is CN=C(NCc1ccccc1)NCc1ccc(N2CC=CC2)cc1. The molecule has 2 N–H and O–H groups in total. The fourth-order valence-electron chi connectivity index (χ4n) is 2.70. The normalized spacial score (nSPS) is 14.0. The van der Waals surface area contributed by atoms with Crippen molar-refractivity contribution in [3.63, 3.8) is 0 Å². The van der Waals surface area contributed by atoms with Gasteiger partial charge in [-0.05, 0) is 23.3 Å². The monoisotopic (exact) mass is 320 g/mol. The fourth-order valence-corrected chi connectivity index (χ4v) is 2.70. The predicted molar refractivity (Wildman–Crippen MR) is 101 cm³/mol. The molecule has 0 fully saturated rings. The maximum absolute atomic E-state index is 4.28. The molecule has 124 valence electrons. The Morgan fingerprint density at radius 2 is 1.46 bits per heavy atom. The summed E-state index contributed by atoms with van der Waals surface area (Å²) in [5, 5.41) is 6.69. The van der Waals surface area contributed by atoms with Crippen molar-refractivity contribution in [2.24, 2.45) is 4.99 Å². The highest BCUT2D eigenvalue weighted by Crippen LogP contribution is 2.17. The first-order valence-corrected chi connectivity index (χ1v) is 8.32. The summed E-state index contributed by atoms with van der Waals surface area (Å²) in [5.74, 6) is 0.812. The molecule has 0 spiro atoms. The zero-order chi connectivity index (χ0) is 16.6. The molecule has 2 aromatic carbocycles. The maximum Gasteiger partial charge on any atom is 0.191 e. The number of nitrogens with zero attached hydrogens (tertiary/aromatic N) is 2. The second-order valence-electron chi connectivity index (χ2n) is 5.81. The molecule has 0 aromatic heterocycles. The van der Waals surface area contributed by atoms with E-state index < -0.39 is 0 Å². The van der Waals surface area contributed by atoms with E-state index in [9.17, 15) is 0 Å². The van der Waals surface area contributed by atoms with E-state index in [1.807, 2.05) is 18.2 Å². The van der Waals surface area contributed by atoms with E-state index in [1.165, 1.54) is 16.8 Å². The highest BCUT2D eigenvalue weighted by atomic mass is 15.2. The van der Waals surface area contributed by atoms with Gasteiger partial charge in [-0.2, -0.15) is 0 Å². The zero-order valence-electron chi connectivity index (χ0n) is 14.1. The Kier molecular flexibility index (Phi) is 5.51. The Morgan fingerprint density at radius 1 is 0.875 bits per heavy atom. The van der Waals surface area contributed by atoms with Crippen LogP contribution in [0.2, 0.25) is 0 Å². The lowest BCUT2D eigenvalue weighted by Crippen LogP contribution is -2.36. The minimum atomic E-state index is 0.757. The highest BCUT2D eigenvalue weighted by Gasteiger charge is 2.07. The molecule has 0 radical (unpaired) electrons. The lowest BCUT2D eigenvalue weighted by molar-refractivity contribution is 0.809.